The third-order valence-corrected chi connectivity index (χ3v) is 3.72. The lowest BCUT2D eigenvalue weighted by Gasteiger charge is -2.17. The van der Waals surface area contributed by atoms with Crippen LogP contribution in [0.3, 0.4) is 0 Å². The van der Waals surface area contributed by atoms with Crippen LogP contribution in [0.25, 0.3) is 0 Å². The Hall–Kier alpha value is -1.82. The first-order chi connectivity index (χ1) is 9.99. The van der Waals surface area contributed by atoms with Crippen LogP contribution in [0, 0.1) is 16.0 Å². The Balaban J connectivity index is 2.16. The molecule has 0 amide bonds. The average Bonchev–Trinajstić information content (AvgIpc) is 2.81. The highest BCUT2D eigenvalue weighted by atomic mass is 16.6. The molecule has 0 heterocycles. The summed E-state index contributed by atoms with van der Waals surface area (Å²) in [6.07, 6.45) is 2.32. The molecule has 6 heteroatoms. The zero-order chi connectivity index (χ0) is 15.4. The predicted octanol–water partition coefficient (Wildman–Crippen LogP) is 2.95. The quantitative estimate of drug-likeness (QED) is 0.622. The molecule has 0 radical (unpaired) electrons. The molecule has 1 fully saturated rings. The first kappa shape index (κ1) is 15.6. The molecule has 0 aromatic heterocycles. The van der Waals surface area contributed by atoms with Crippen LogP contribution in [0.2, 0.25) is 0 Å². The molecular formula is C15H22N2O4. The fourth-order valence-electron chi connectivity index (χ4n) is 2.70. The van der Waals surface area contributed by atoms with Gasteiger partial charge >= 0.3 is 5.69 Å². The van der Waals surface area contributed by atoms with Gasteiger partial charge in [-0.1, -0.05) is 12.5 Å². The van der Waals surface area contributed by atoms with Gasteiger partial charge < -0.3 is 15.2 Å². The smallest absolute Gasteiger partial charge is 0.333 e. The molecule has 1 aromatic rings. The summed E-state index contributed by atoms with van der Waals surface area (Å²) < 4.78 is 5.51. The number of aliphatic hydroxyl groups excluding tert-OH is 1. The number of nitro groups is 1. The summed E-state index contributed by atoms with van der Waals surface area (Å²) in [6, 6.07) is 5.01. The Bertz CT molecular complexity index is 504. The van der Waals surface area contributed by atoms with Crippen LogP contribution in [0.1, 0.15) is 33.1 Å². The molecule has 0 spiro atoms. The Morgan fingerprint density at radius 1 is 1.48 bits per heavy atom. The number of para-hydroxylation sites is 1. The van der Waals surface area contributed by atoms with Crippen molar-refractivity contribution in [2.45, 2.75) is 45.3 Å². The molecule has 0 saturated heterocycles. The molecule has 6 nitrogen and oxygen atoms in total. The van der Waals surface area contributed by atoms with Crippen LogP contribution in [-0.2, 0) is 0 Å². The number of rotatable bonds is 6. The molecule has 1 saturated carbocycles. The molecule has 1 aromatic carbocycles. The summed E-state index contributed by atoms with van der Waals surface area (Å²) in [4.78, 5) is 10.9. The van der Waals surface area contributed by atoms with Crippen molar-refractivity contribution in [1.82, 2.24) is 0 Å². The van der Waals surface area contributed by atoms with Crippen molar-refractivity contribution in [3.05, 3.63) is 28.3 Å². The molecule has 116 valence electrons. The minimum absolute atomic E-state index is 0.0429. The first-order valence-electron chi connectivity index (χ1n) is 7.35. The third kappa shape index (κ3) is 3.85. The highest BCUT2D eigenvalue weighted by molar-refractivity contribution is 5.68. The largest absolute Gasteiger partial charge is 0.484 e. The number of nitro benzene ring substituents is 1. The van der Waals surface area contributed by atoms with E-state index in [1.54, 1.807) is 18.2 Å². The number of hydrogen-bond donors (Lipinski definition) is 2. The minimum atomic E-state index is -0.425. The molecule has 2 atom stereocenters. The summed E-state index contributed by atoms with van der Waals surface area (Å²) in [7, 11) is 0. The molecule has 2 N–H and O–H groups in total. The highest BCUT2D eigenvalue weighted by Gasteiger charge is 2.27. The molecule has 2 unspecified atom stereocenters. The van der Waals surface area contributed by atoms with E-state index < -0.39 is 4.92 Å². The molecular weight excluding hydrogens is 272 g/mol. The van der Waals surface area contributed by atoms with E-state index in [4.69, 9.17) is 4.74 Å². The second-order valence-electron chi connectivity index (χ2n) is 5.72. The maximum absolute atomic E-state index is 11.3. The van der Waals surface area contributed by atoms with Crippen LogP contribution >= 0.6 is 0 Å². The second-order valence-corrected chi connectivity index (χ2v) is 5.72. The third-order valence-electron chi connectivity index (χ3n) is 3.72. The summed E-state index contributed by atoms with van der Waals surface area (Å²) in [5, 5.41) is 24.2. The van der Waals surface area contributed by atoms with Crippen LogP contribution in [0.4, 0.5) is 11.4 Å². The van der Waals surface area contributed by atoms with E-state index in [-0.39, 0.29) is 29.6 Å². The number of aliphatic hydroxyl groups is 1. The number of nitrogens with one attached hydrogen (secondary N) is 1. The van der Waals surface area contributed by atoms with Gasteiger partial charge in [0.15, 0.2) is 5.75 Å². The van der Waals surface area contributed by atoms with Crippen molar-refractivity contribution in [3.63, 3.8) is 0 Å². The van der Waals surface area contributed by atoms with E-state index >= 15 is 0 Å². The van der Waals surface area contributed by atoms with E-state index in [9.17, 15) is 15.2 Å². The van der Waals surface area contributed by atoms with Crippen molar-refractivity contribution in [3.8, 4) is 5.75 Å². The lowest BCUT2D eigenvalue weighted by molar-refractivity contribution is -0.385. The fourth-order valence-corrected chi connectivity index (χ4v) is 2.70. The zero-order valence-corrected chi connectivity index (χ0v) is 12.4. The SMILES string of the molecule is CC(C)Oc1cccc(NCC2CCCC2O)c1[N+](=O)[O-]. The lowest BCUT2D eigenvalue weighted by Crippen LogP contribution is -2.22. The standard InChI is InChI=1S/C15H22N2O4/c1-10(2)21-14-8-4-6-12(15(14)17(19)20)16-9-11-5-3-7-13(11)18/h4,6,8,10-11,13,16,18H,3,5,7,9H2,1-2H3. The summed E-state index contributed by atoms with van der Waals surface area (Å²) in [5.74, 6) is 0.422. The number of anilines is 1. The fraction of sp³-hybridized carbons (Fsp3) is 0.600. The molecule has 21 heavy (non-hydrogen) atoms. The van der Waals surface area contributed by atoms with Crippen molar-refractivity contribution in [1.29, 1.82) is 0 Å². The summed E-state index contributed by atoms with van der Waals surface area (Å²) >= 11 is 0. The van der Waals surface area contributed by atoms with Gasteiger partial charge in [0, 0.05) is 12.5 Å². The Morgan fingerprint density at radius 3 is 2.81 bits per heavy atom. The van der Waals surface area contributed by atoms with E-state index in [0.29, 0.717) is 12.2 Å². The maximum Gasteiger partial charge on any atom is 0.333 e. The van der Waals surface area contributed by atoms with Gasteiger partial charge in [-0.25, -0.2) is 0 Å². The Labute approximate surface area is 124 Å². The van der Waals surface area contributed by atoms with E-state index in [1.165, 1.54) is 0 Å². The molecule has 0 aliphatic heterocycles. The molecule has 0 bridgehead atoms. The topological polar surface area (TPSA) is 84.6 Å². The summed E-state index contributed by atoms with van der Waals surface area (Å²) in [6.45, 7) is 4.20. The van der Waals surface area contributed by atoms with Crippen molar-refractivity contribution in [2.75, 3.05) is 11.9 Å². The number of hydrogen-bond acceptors (Lipinski definition) is 5. The summed E-state index contributed by atoms with van der Waals surface area (Å²) in [5.41, 5.74) is 0.399. The van der Waals surface area contributed by atoms with Crippen LogP contribution in [-0.4, -0.2) is 28.8 Å². The highest BCUT2D eigenvalue weighted by Crippen LogP contribution is 2.36. The Morgan fingerprint density at radius 2 is 2.24 bits per heavy atom. The van der Waals surface area contributed by atoms with Gasteiger partial charge in [-0.2, -0.15) is 0 Å². The zero-order valence-electron chi connectivity index (χ0n) is 12.4. The van der Waals surface area contributed by atoms with Gasteiger partial charge in [0.1, 0.15) is 5.69 Å². The average molecular weight is 294 g/mol. The van der Waals surface area contributed by atoms with Crippen molar-refractivity contribution in [2.24, 2.45) is 5.92 Å². The van der Waals surface area contributed by atoms with E-state index in [1.807, 2.05) is 13.8 Å². The van der Waals surface area contributed by atoms with Crippen LogP contribution in [0.5, 0.6) is 5.75 Å². The Kier molecular flexibility index (Phi) is 5.01. The number of nitrogens with zero attached hydrogens (tertiary/aromatic N) is 1. The second kappa shape index (κ2) is 6.76. The maximum atomic E-state index is 11.3. The number of benzene rings is 1. The van der Waals surface area contributed by atoms with Gasteiger partial charge in [0.2, 0.25) is 0 Å². The molecule has 1 aliphatic rings. The first-order valence-corrected chi connectivity index (χ1v) is 7.35. The predicted molar refractivity (Wildman–Crippen MR) is 80.7 cm³/mol. The number of ether oxygens (including phenoxy) is 1. The van der Waals surface area contributed by atoms with Gasteiger partial charge in [-0.3, -0.25) is 10.1 Å². The van der Waals surface area contributed by atoms with Crippen molar-refractivity contribution < 1.29 is 14.8 Å². The van der Waals surface area contributed by atoms with E-state index in [0.717, 1.165) is 19.3 Å². The van der Waals surface area contributed by atoms with Gasteiger partial charge in [0.05, 0.1) is 17.1 Å². The van der Waals surface area contributed by atoms with Gasteiger partial charge in [-0.05, 0) is 38.8 Å². The minimum Gasteiger partial charge on any atom is -0.484 e. The normalized spacial score (nSPS) is 21.5. The van der Waals surface area contributed by atoms with Crippen molar-refractivity contribution >= 4 is 11.4 Å². The van der Waals surface area contributed by atoms with Crippen LogP contribution < -0.4 is 10.1 Å². The van der Waals surface area contributed by atoms with Crippen LogP contribution in [0.15, 0.2) is 18.2 Å². The lowest BCUT2D eigenvalue weighted by atomic mass is 10.1. The van der Waals surface area contributed by atoms with Gasteiger partial charge in [-0.15, -0.1) is 0 Å². The molecule has 1 aliphatic carbocycles. The molecule has 2 rings (SSSR count). The monoisotopic (exact) mass is 294 g/mol. The van der Waals surface area contributed by atoms with E-state index in [2.05, 4.69) is 5.32 Å². The van der Waals surface area contributed by atoms with Gasteiger partial charge in [0.25, 0.3) is 0 Å².